The summed E-state index contributed by atoms with van der Waals surface area (Å²) in [5, 5.41) is 3.57. The summed E-state index contributed by atoms with van der Waals surface area (Å²) >= 11 is 0. The van der Waals surface area contributed by atoms with Crippen LogP contribution in [0.5, 0.6) is 0 Å². The van der Waals surface area contributed by atoms with Crippen molar-refractivity contribution in [3.63, 3.8) is 0 Å². The fraction of sp³-hybridized carbons (Fsp3) is 0.647. The Morgan fingerprint density at radius 1 is 1.29 bits per heavy atom. The van der Waals surface area contributed by atoms with E-state index in [2.05, 4.69) is 5.32 Å². The molecule has 1 fully saturated rings. The van der Waals surface area contributed by atoms with Crippen molar-refractivity contribution in [3.8, 4) is 0 Å². The Hall–Kier alpha value is -0.970. The monoisotopic (exact) mass is 295 g/mol. The molecule has 0 heterocycles. The van der Waals surface area contributed by atoms with Crippen LogP contribution in [0, 0.1) is 11.7 Å². The molecule has 0 bridgehead atoms. The molecule has 0 aromatic heterocycles. The highest BCUT2D eigenvalue weighted by atomic mass is 19.1. The number of benzene rings is 1. The average molecular weight is 295 g/mol. The smallest absolute Gasteiger partial charge is 0.123 e. The van der Waals surface area contributed by atoms with Crippen LogP contribution in [0.25, 0.3) is 0 Å². The first-order valence-corrected chi connectivity index (χ1v) is 7.82. The molecular formula is C17H26FNO2. The van der Waals surface area contributed by atoms with E-state index in [-0.39, 0.29) is 5.82 Å². The minimum Gasteiger partial charge on any atom is -0.382 e. The summed E-state index contributed by atoms with van der Waals surface area (Å²) in [4.78, 5) is 0. The summed E-state index contributed by atoms with van der Waals surface area (Å²) < 4.78 is 23.8. The summed E-state index contributed by atoms with van der Waals surface area (Å²) in [6, 6.07) is 7.61. The van der Waals surface area contributed by atoms with Gasteiger partial charge in [0.1, 0.15) is 5.82 Å². The summed E-state index contributed by atoms with van der Waals surface area (Å²) in [7, 11) is 1.68. The lowest BCUT2D eigenvalue weighted by atomic mass is 9.96. The van der Waals surface area contributed by atoms with Crippen LogP contribution >= 0.6 is 0 Å². The van der Waals surface area contributed by atoms with Gasteiger partial charge >= 0.3 is 0 Å². The Balaban J connectivity index is 1.76. The summed E-state index contributed by atoms with van der Waals surface area (Å²) in [6.45, 7) is 2.98. The Morgan fingerprint density at radius 3 is 2.86 bits per heavy atom. The highest BCUT2D eigenvalue weighted by Crippen LogP contribution is 2.20. The van der Waals surface area contributed by atoms with Gasteiger partial charge in [-0.3, -0.25) is 0 Å². The maximum Gasteiger partial charge on any atom is 0.123 e. The number of nitrogens with one attached hydrogen (secondary N) is 1. The molecule has 21 heavy (non-hydrogen) atoms. The zero-order valence-electron chi connectivity index (χ0n) is 12.8. The van der Waals surface area contributed by atoms with Crippen molar-refractivity contribution in [2.45, 2.75) is 31.7 Å². The van der Waals surface area contributed by atoms with Gasteiger partial charge in [-0.2, -0.15) is 0 Å². The highest BCUT2D eigenvalue weighted by Gasteiger charge is 2.22. The molecule has 118 valence electrons. The lowest BCUT2D eigenvalue weighted by Gasteiger charge is -2.18. The van der Waals surface area contributed by atoms with Crippen molar-refractivity contribution >= 4 is 0 Å². The predicted octanol–water partition coefficient (Wildman–Crippen LogP) is 2.79. The van der Waals surface area contributed by atoms with Gasteiger partial charge < -0.3 is 14.8 Å². The molecule has 1 aromatic rings. The van der Waals surface area contributed by atoms with Crippen LogP contribution in [-0.4, -0.2) is 39.5 Å². The first-order chi connectivity index (χ1) is 10.3. The molecule has 1 N–H and O–H groups in total. The van der Waals surface area contributed by atoms with Crippen LogP contribution < -0.4 is 5.32 Å². The van der Waals surface area contributed by atoms with Crippen molar-refractivity contribution in [1.82, 2.24) is 5.32 Å². The molecule has 0 aliphatic heterocycles. The van der Waals surface area contributed by atoms with E-state index in [9.17, 15) is 4.39 Å². The zero-order valence-corrected chi connectivity index (χ0v) is 12.8. The van der Waals surface area contributed by atoms with Crippen LogP contribution in [0.15, 0.2) is 24.3 Å². The number of rotatable bonds is 11. The second kappa shape index (κ2) is 9.13. The quantitative estimate of drug-likeness (QED) is 0.637. The van der Waals surface area contributed by atoms with E-state index in [0.29, 0.717) is 25.2 Å². The lowest BCUT2D eigenvalue weighted by Crippen LogP contribution is -2.27. The third-order valence-electron chi connectivity index (χ3n) is 3.79. The second-order valence-corrected chi connectivity index (χ2v) is 5.78. The molecule has 2 rings (SSSR count). The molecule has 1 aliphatic carbocycles. The second-order valence-electron chi connectivity index (χ2n) is 5.78. The van der Waals surface area contributed by atoms with Crippen LogP contribution in [0.2, 0.25) is 0 Å². The van der Waals surface area contributed by atoms with E-state index in [4.69, 9.17) is 9.47 Å². The van der Waals surface area contributed by atoms with Gasteiger partial charge in [0.15, 0.2) is 0 Å². The Bertz CT molecular complexity index is 410. The molecule has 0 radical (unpaired) electrons. The van der Waals surface area contributed by atoms with E-state index >= 15 is 0 Å². The van der Waals surface area contributed by atoms with Gasteiger partial charge in [0.2, 0.25) is 0 Å². The number of hydrogen-bond acceptors (Lipinski definition) is 3. The zero-order chi connectivity index (χ0) is 14.9. The van der Waals surface area contributed by atoms with E-state index in [0.717, 1.165) is 31.6 Å². The average Bonchev–Trinajstić information content (AvgIpc) is 3.28. The van der Waals surface area contributed by atoms with Gasteiger partial charge in [-0.25, -0.2) is 4.39 Å². The van der Waals surface area contributed by atoms with Crippen LogP contribution in [0.1, 0.15) is 24.8 Å². The fourth-order valence-corrected chi connectivity index (χ4v) is 2.39. The number of halogens is 1. The SMILES string of the molecule is COCCOCCC(CNC1CC1)Cc1cccc(F)c1. The topological polar surface area (TPSA) is 30.5 Å². The van der Waals surface area contributed by atoms with Gasteiger partial charge in [0.25, 0.3) is 0 Å². The normalized spacial score (nSPS) is 16.1. The molecule has 1 atom stereocenters. The molecule has 1 aliphatic rings. The van der Waals surface area contributed by atoms with Crippen molar-refractivity contribution in [2.75, 3.05) is 33.5 Å². The summed E-state index contributed by atoms with van der Waals surface area (Å²) in [6.07, 6.45) is 4.46. The van der Waals surface area contributed by atoms with Crippen LogP contribution in [0.3, 0.4) is 0 Å². The fourth-order valence-electron chi connectivity index (χ4n) is 2.39. The van der Waals surface area contributed by atoms with Crippen molar-refractivity contribution in [3.05, 3.63) is 35.6 Å². The standard InChI is InChI=1S/C17H26FNO2/c1-20-9-10-21-8-7-15(13-19-17-5-6-17)11-14-3-2-4-16(18)12-14/h2-4,12,15,17,19H,5-11,13H2,1H3. The van der Waals surface area contributed by atoms with Crippen LogP contribution in [0.4, 0.5) is 4.39 Å². The van der Waals surface area contributed by atoms with E-state index in [1.54, 1.807) is 19.2 Å². The third kappa shape index (κ3) is 7.02. The molecule has 0 spiro atoms. The Morgan fingerprint density at radius 2 is 2.14 bits per heavy atom. The van der Waals surface area contributed by atoms with Crippen molar-refractivity contribution in [1.29, 1.82) is 0 Å². The third-order valence-corrected chi connectivity index (χ3v) is 3.79. The Labute approximate surface area is 126 Å². The predicted molar refractivity (Wildman–Crippen MR) is 81.9 cm³/mol. The summed E-state index contributed by atoms with van der Waals surface area (Å²) in [5.74, 6) is 0.327. The Kier molecular flexibility index (Phi) is 7.13. The largest absolute Gasteiger partial charge is 0.382 e. The van der Waals surface area contributed by atoms with Gasteiger partial charge in [-0.15, -0.1) is 0 Å². The van der Waals surface area contributed by atoms with Crippen molar-refractivity contribution in [2.24, 2.45) is 5.92 Å². The minimum atomic E-state index is -0.155. The van der Waals surface area contributed by atoms with Gasteiger partial charge in [0, 0.05) is 19.8 Å². The lowest BCUT2D eigenvalue weighted by molar-refractivity contribution is 0.0636. The molecular weight excluding hydrogens is 269 g/mol. The maximum atomic E-state index is 13.3. The highest BCUT2D eigenvalue weighted by molar-refractivity contribution is 5.17. The molecule has 4 heteroatoms. The number of ether oxygens (including phenoxy) is 2. The van der Waals surface area contributed by atoms with Gasteiger partial charge in [-0.05, 0) is 55.8 Å². The van der Waals surface area contributed by atoms with E-state index < -0.39 is 0 Å². The van der Waals surface area contributed by atoms with E-state index in [1.807, 2.05) is 6.07 Å². The van der Waals surface area contributed by atoms with Crippen LogP contribution in [-0.2, 0) is 15.9 Å². The summed E-state index contributed by atoms with van der Waals surface area (Å²) in [5.41, 5.74) is 1.06. The first kappa shape index (κ1) is 16.4. The first-order valence-electron chi connectivity index (χ1n) is 7.82. The molecule has 0 saturated heterocycles. The van der Waals surface area contributed by atoms with E-state index in [1.165, 1.54) is 18.9 Å². The molecule has 1 unspecified atom stereocenters. The number of hydrogen-bond donors (Lipinski definition) is 1. The maximum absolute atomic E-state index is 13.3. The van der Waals surface area contributed by atoms with Gasteiger partial charge in [0.05, 0.1) is 13.2 Å². The molecule has 1 aromatic carbocycles. The molecule has 3 nitrogen and oxygen atoms in total. The number of methoxy groups -OCH3 is 1. The van der Waals surface area contributed by atoms with Gasteiger partial charge in [-0.1, -0.05) is 12.1 Å². The minimum absolute atomic E-state index is 0.155. The molecule has 0 amide bonds. The molecule has 1 saturated carbocycles. The van der Waals surface area contributed by atoms with Crippen molar-refractivity contribution < 1.29 is 13.9 Å².